The number of ether oxygens (including phenoxy) is 1. The Morgan fingerprint density at radius 2 is 2.17 bits per heavy atom. The summed E-state index contributed by atoms with van der Waals surface area (Å²) in [6.07, 6.45) is 0. The van der Waals surface area contributed by atoms with Crippen LogP contribution < -0.4 is 10.5 Å². The third-order valence-corrected chi connectivity index (χ3v) is 4.60. The van der Waals surface area contributed by atoms with Crippen molar-refractivity contribution in [2.45, 2.75) is 18.4 Å². The first-order valence-corrected chi connectivity index (χ1v) is 8.59. The Kier molecular flexibility index (Phi) is 5.18. The van der Waals surface area contributed by atoms with Gasteiger partial charge in [0.2, 0.25) is 0 Å². The maximum Gasteiger partial charge on any atom is 0.420 e. The maximum atomic E-state index is 12.0. The van der Waals surface area contributed by atoms with E-state index < -0.39 is 0 Å². The first-order valence-electron chi connectivity index (χ1n) is 7.40. The number of hydrogen-bond acceptors (Lipinski definition) is 5. The molecule has 126 valence electrons. The van der Waals surface area contributed by atoms with Crippen molar-refractivity contribution in [1.82, 2.24) is 4.57 Å². The molecule has 0 amide bonds. The van der Waals surface area contributed by atoms with E-state index in [2.05, 4.69) is 4.72 Å². The second-order valence-electron chi connectivity index (χ2n) is 5.31. The summed E-state index contributed by atoms with van der Waals surface area (Å²) in [5, 5.41) is 0.674. The molecule has 1 heterocycles. The highest BCUT2D eigenvalue weighted by atomic mass is 35.5. The Labute approximate surface area is 148 Å². The molecule has 0 aliphatic heterocycles. The van der Waals surface area contributed by atoms with Crippen molar-refractivity contribution in [2.75, 3.05) is 18.4 Å². The summed E-state index contributed by atoms with van der Waals surface area (Å²) in [5.41, 5.74) is 3.27. The van der Waals surface area contributed by atoms with E-state index in [-0.39, 0.29) is 5.76 Å². The zero-order valence-corrected chi connectivity index (χ0v) is 14.9. The third-order valence-electron chi connectivity index (χ3n) is 3.56. The molecular weight excluding hydrogens is 348 g/mol. The van der Waals surface area contributed by atoms with E-state index in [1.165, 1.54) is 11.9 Å². The summed E-state index contributed by atoms with van der Waals surface area (Å²) in [7, 11) is 1.61. The van der Waals surface area contributed by atoms with Crippen LogP contribution in [0, 0.1) is 6.92 Å². The second-order valence-corrected chi connectivity index (χ2v) is 6.63. The van der Waals surface area contributed by atoms with Crippen molar-refractivity contribution in [1.29, 1.82) is 0 Å². The number of rotatable bonds is 6. The summed E-state index contributed by atoms with van der Waals surface area (Å²) in [6, 6.07) is 11.4. The maximum absolute atomic E-state index is 12.0. The van der Waals surface area contributed by atoms with Crippen molar-refractivity contribution in [3.8, 4) is 0 Å². The fourth-order valence-electron chi connectivity index (χ4n) is 2.49. The molecule has 0 aliphatic carbocycles. The monoisotopic (exact) mass is 364 g/mol. The molecular formula is C17H17ClN2O3S. The molecule has 0 atom stereocenters. The number of nitrogens with one attached hydrogen (secondary N) is 1. The molecule has 0 bridgehead atoms. The number of fused-ring (bicyclic) bond motifs is 1. The van der Waals surface area contributed by atoms with Crippen LogP contribution in [0.25, 0.3) is 11.1 Å². The molecule has 3 rings (SSSR count). The number of halogens is 1. The second kappa shape index (κ2) is 7.34. The lowest BCUT2D eigenvalue weighted by atomic mass is 10.2. The molecule has 24 heavy (non-hydrogen) atoms. The number of anilines is 1. The number of oxazole rings is 1. The van der Waals surface area contributed by atoms with Gasteiger partial charge in [-0.25, -0.2) is 4.79 Å². The largest absolute Gasteiger partial charge is 0.420 e. The van der Waals surface area contributed by atoms with E-state index in [0.29, 0.717) is 23.8 Å². The minimum absolute atomic E-state index is 0.366. The van der Waals surface area contributed by atoms with Crippen LogP contribution in [0.4, 0.5) is 5.69 Å². The molecule has 0 aliphatic rings. The van der Waals surface area contributed by atoms with Gasteiger partial charge in [0, 0.05) is 22.7 Å². The number of methoxy groups -OCH3 is 1. The van der Waals surface area contributed by atoms with Crippen LogP contribution in [0.1, 0.15) is 5.56 Å². The van der Waals surface area contributed by atoms with Crippen LogP contribution in [-0.4, -0.2) is 18.3 Å². The van der Waals surface area contributed by atoms with Crippen molar-refractivity contribution >= 4 is 40.3 Å². The van der Waals surface area contributed by atoms with Crippen LogP contribution in [0.5, 0.6) is 0 Å². The van der Waals surface area contributed by atoms with E-state index in [4.69, 9.17) is 20.8 Å². The lowest BCUT2D eigenvalue weighted by Gasteiger charge is -2.08. The van der Waals surface area contributed by atoms with Gasteiger partial charge in [-0.15, -0.1) is 0 Å². The molecule has 5 nitrogen and oxygen atoms in total. The van der Waals surface area contributed by atoms with E-state index in [1.54, 1.807) is 11.7 Å². The molecule has 0 fully saturated rings. The molecule has 0 saturated heterocycles. The molecule has 0 radical (unpaired) electrons. The summed E-state index contributed by atoms with van der Waals surface area (Å²) < 4.78 is 15.3. The molecule has 1 N–H and O–H groups in total. The molecule has 0 spiro atoms. The fraction of sp³-hybridized carbons (Fsp3) is 0.235. The third kappa shape index (κ3) is 3.61. The van der Waals surface area contributed by atoms with Crippen LogP contribution >= 0.6 is 23.5 Å². The van der Waals surface area contributed by atoms with Gasteiger partial charge in [0.15, 0.2) is 5.58 Å². The standard InChI is InChI=1S/C17H17ClN2O3S/c1-11-8-14(24-19-13-5-3-4-12(18)9-13)10-15-16(11)20(6-7-22-2)17(21)23-15/h3-5,8-10,19H,6-7H2,1-2H3. The molecule has 3 aromatic rings. The molecule has 0 saturated carbocycles. The van der Waals surface area contributed by atoms with Crippen LogP contribution in [-0.2, 0) is 11.3 Å². The summed E-state index contributed by atoms with van der Waals surface area (Å²) in [4.78, 5) is 13.0. The van der Waals surface area contributed by atoms with Gasteiger partial charge >= 0.3 is 5.76 Å². The van der Waals surface area contributed by atoms with Crippen LogP contribution in [0.3, 0.4) is 0 Å². The number of nitrogens with zero attached hydrogens (tertiary/aromatic N) is 1. The predicted octanol–water partition coefficient (Wildman–Crippen LogP) is 4.32. The van der Waals surface area contributed by atoms with Gasteiger partial charge < -0.3 is 13.9 Å². The molecule has 0 unspecified atom stereocenters. The predicted molar refractivity (Wildman–Crippen MR) is 98.0 cm³/mol. The fourth-order valence-corrected chi connectivity index (χ4v) is 3.45. The van der Waals surface area contributed by atoms with E-state index in [1.807, 2.05) is 43.3 Å². The minimum Gasteiger partial charge on any atom is -0.408 e. The first kappa shape index (κ1) is 17.0. The Morgan fingerprint density at radius 3 is 2.92 bits per heavy atom. The van der Waals surface area contributed by atoms with Crippen molar-refractivity contribution in [3.63, 3.8) is 0 Å². The number of aromatic nitrogens is 1. The zero-order valence-electron chi connectivity index (χ0n) is 13.3. The summed E-state index contributed by atoms with van der Waals surface area (Å²) in [5.74, 6) is -0.366. The molecule has 1 aromatic heterocycles. The topological polar surface area (TPSA) is 56.4 Å². The Hall–Kier alpha value is -1.89. The highest BCUT2D eigenvalue weighted by molar-refractivity contribution is 8.00. The number of benzene rings is 2. The van der Waals surface area contributed by atoms with Crippen LogP contribution in [0.2, 0.25) is 5.02 Å². The Bertz CT molecular complexity index is 920. The summed E-state index contributed by atoms with van der Waals surface area (Å²) >= 11 is 7.42. The van der Waals surface area contributed by atoms with Gasteiger partial charge in [0.1, 0.15) is 0 Å². The van der Waals surface area contributed by atoms with Crippen molar-refractivity contribution in [2.24, 2.45) is 0 Å². The van der Waals surface area contributed by atoms with Gasteiger partial charge in [-0.1, -0.05) is 17.7 Å². The normalized spacial score (nSPS) is 11.1. The van der Waals surface area contributed by atoms with E-state index in [0.717, 1.165) is 21.7 Å². The highest BCUT2D eigenvalue weighted by Crippen LogP contribution is 2.28. The lowest BCUT2D eigenvalue weighted by Crippen LogP contribution is -2.17. The zero-order chi connectivity index (χ0) is 17.1. The number of hydrogen-bond donors (Lipinski definition) is 1. The quantitative estimate of drug-likeness (QED) is 0.660. The van der Waals surface area contributed by atoms with E-state index >= 15 is 0 Å². The molecule has 7 heteroatoms. The highest BCUT2D eigenvalue weighted by Gasteiger charge is 2.13. The Balaban J connectivity index is 1.87. The average Bonchev–Trinajstić information content (AvgIpc) is 2.87. The lowest BCUT2D eigenvalue weighted by molar-refractivity contribution is 0.186. The first-order chi connectivity index (χ1) is 11.6. The van der Waals surface area contributed by atoms with Crippen LogP contribution in [0.15, 0.2) is 50.5 Å². The minimum atomic E-state index is -0.366. The van der Waals surface area contributed by atoms with Gasteiger partial charge in [-0.3, -0.25) is 4.57 Å². The van der Waals surface area contributed by atoms with Gasteiger partial charge in [0.25, 0.3) is 0 Å². The van der Waals surface area contributed by atoms with Gasteiger partial charge in [-0.05, 0) is 54.8 Å². The Morgan fingerprint density at radius 1 is 1.33 bits per heavy atom. The SMILES string of the molecule is COCCn1c(=O)oc2cc(SNc3cccc(Cl)c3)cc(C)c21. The smallest absolute Gasteiger partial charge is 0.408 e. The van der Waals surface area contributed by atoms with Crippen molar-refractivity contribution < 1.29 is 9.15 Å². The van der Waals surface area contributed by atoms with Crippen molar-refractivity contribution in [3.05, 3.63) is 57.5 Å². The number of aryl methyl sites for hydroxylation is 1. The van der Waals surface area contributed by atoms with E-state index in [9.17, 15) is 4.79 Å². The molecule has 2 aromatic carbocycles. The van der Waals surface area contributed by atoms with Gasteiger partial charge in [-0.2, -0.15) is 0 Å². The van der Waals surface area contributed by atoms with Gasteiger partial charge in [0.05, 0.1) is 18.7 Å². The average molecular weight is 365 g/mol. The summed E-state index contributed by atoms with van der Waals surface area (Å²) in [6.45, 7) is 2.89.